The van der Waals surface area contributed by atoms with Crippen LogP contribution >= 0.6 is 0 Å². The molecule has 2 rings (SSSR count). The molecule has 0 unspecified atom stereocenters. The fourth-order valence-corrected chi connectivity index (χ4v) is 2.69. The molecule has 1 amide bonds. The summed E-state index contributed by atoms with van der Waals surface area (Å²) in [5, 5.41) is 20.5. The van der Waals surface area contributed by atoms with Crippen molar-refractivity contribution in [2.24, 2.45) is 0 Å². The van der Waals surface area contributed by atoms with Crippen molar-refractivity contribution < 1.29 is 14.6 Å². The van der Waals surface area contributed by atoms with Gasteiger partial charge in [0.1, 0.15) is 0 Å². The van der Waals surface area contributed by atoms with Gasteiger partial charge in [-0.1, -0.05) is 12.8 Å². The number of aliphatic hydroxyl groups excluding tert-OH is 1. The van der Waals surface area contributed by atoms with Gasteiger partial charge in [-0.15, -0.1) is 0 Å². The fraction of sp³-hybridized carbons (Fsp3) is 0.500. The highest BCUT2D eigenvalue weighted by Gasteiger charge is 2.35. The van der Waals surface area contributed by atoms with Crippen molar-refractivity contribution in [3.05, 3.63) is 35.4 Å². The minimum Gasteiger partial charge on any atom is -0.394 e. The van der Waals surface area contributed by atoms with Crippen LogP contribution in [0.3, 0.4) is 0 Å². The van der Waals surface area contributed by atoms with Crippen LogP contribution in [-0.2, 0) is 4.74 Å². The van der Waals surface area contributed by atoms with Crippen molar-refractivity contribution in [3.8, 4) is 6.07 Å². The van der Waals surface area contributed by atoms with Crippen LogP contribution < -0.4 is 5.32 Å². The van der Waals surface area contributed by atoms with E-state index >= 15 is 0 Å². The van der Waals surface area contributed by atoms with Crippen molar-refractivity contribution in [2.75, 3.05) is 19.8 Å². The molecule has 0 atom stereocenters. The Balaban J connectivity index is 1.93. The largest absolute Gasteiger partial charge is 0.394 e. The van der Waals surface area contributed by atoms with Crippen LogP contribution in [-0.4, -0.2) is 36.4 Å². The topological polar surface area (TPSA) is 82.4 Å². The minimum absolute atomic E-state index is 0.00861. The molecule has 1 aliphatic rings. The van der Waals surface area contributed by atoms with Crippen LogP contribution in [0.5, 0.6) is 0 Å². The lowest BCUT2D eigenvalue weighted by Crippen LogP contribution is -2.43. The molecule has 112 valence electrons. The highest BCUT2D eigenvalue weighted by molar-refractivity contribution is 5.94. The van der Waals surface area contributed by atoms with Gasteiger partial charge in [-0.25, -0.2) is 0 Å². The van der Waals surface area contributed by atoms with Gasteiger partial charge in [-0.05, 0) is 37.1 Å². The predicted octanol–water partition coefficient (Wildman–Crippen LogP) is 1.61. The molecular weight excluding hydrogens is 268 g/mol. The second kappa shape index (κ2) is 7.21. The van der Waals surface area contributed by atoms with Crippen LogP contribution in [0.4, 0.5) is 0 Å². The molecule has 0 aliphatic heterocycles. The first kappa shape index (κ1) is 15.5. The lowest BCUT2D eigenvalue weighted by molar-refractivity contribution is -0.0511. The number of benzene rings is 1. The first-order chi connectivity index (χ1) is 10.2. The Hall–Kier alpha value is -1.90. The molecule has 1 fully saturated rings. The number of aliphatic hydroxyl groups is 1. The predicted molar refractivity (Wildman–Crippen MR) is 77.7 cm³/mol. The average Bonchev–Trinajstić information content (AvgIpc) is 3.00. The maximum absolute atomic E-state index is 12.1. The van der Waals surface area contributed by atoms with Gasteiger partial charge < -0.3 is 15.2 Å². The van der Waals surface area contributed by atoms with E-state index in [-0.39, 0.29) is 18.1 Å². The number of hydrogen-bond acceptors (Lipinski definition) is 4. The summed E-state index contributed by atoms with van der Waals surface area (Å²) < 4.78 is 5.75. The Bertz CT molecular complexity index is 513. The van der Waals surface area contributed by atoms with Crippen molar-refractivity contribution in [1.82, 2.24) is 5.32 Å². The summed E-state index contributed by atoms with van der Waals surface area (Å²) in [6.45, 7) is 0.740. The number of nitrogens with zero attached hydrogens (tertiary/aromatic N) is 1. The molecule has 1 aliphatic carbocycles. The Kier molecular flexibility index (Phi) is 5.32. The molecule has 0 bridgehead atoms. The summed E-state index contributed by atoms with van der Waals surface area (Å²) in [4.78, 5) is 12.1. The van der Waals surface area contributed by atoms with Crippen molar-refractivity contribution >= 4 is 5.91 Å². The van der Waals surface area contributed by atoms with Crippen molar-refractivity contribution in [2.45, 2.75) is 31.3 Å². The van der Waals surface area contributed by atoms with E-state index in [2.05, 4.69) is 5.32 Å². The zero-order chi connectivity index (χ0) is 15.1. The third-order valence-corrected chi connectivity index (χ3v) is 3.86. The van der Waals surface area contributed by atoms with Gasteiger partial charge >= 0.3 is 0 Å². The van der Waals surface area contributed by atoms with Gasteiger partial charge in [-0.2, -0.15) is 5.26 Å². The number of nitrogens with one attached hydrogen (secondary N) is 1. The van der Waals surface area contributed by atoms with Gasteiger partial charge in [0.25, 0.3) is 5.91 Å². The second-order valence-electron chi connectivity index (χ2n) is 5.33. The molecule has 0 spiro atoms. The average molecular weight is 288 g/mol. The summed E-state index contributed by atoms with van der Waals surface area (Å²) in [7, 11) is 0. The zero-order valence-electron chi connectivity index (χ0n) is 12.0. The van der Waals surface area contributed by atoms with E-state index in [9.17, 15) is 4.79 Å². The standard InChI is InChI=1S/C16H20N2O3/c17-11-13-3-5-14(6-4-13)15(20)18-12-16(21-10-9-19)7-1-2-8-16/h3-6,19H,1-2,7-10,12H2,(H,18,20). The number of carbonyl (C=O) groups is 1. The normalized spacial score (nSPS) is 16.4. The summed E-state index contributed by atoms with van der Waals surface area (Å²) in [6.07, 6.45) is 3.97. The smallest absolute Gasteiger partial charge is 0.251 e. The molecule has 2 N–H and O–H groups in total. The molecule has 1 aromatic carbocycles. The van der Waals surface area contributed by atoms with E-state index in [1.54, 1.807) is 24.3 Å². The van der Waals surface area contributed by atoms with Gasteiger partial charge in [0, 0.05) is 12.1 Å². The molecule has 1 aromatic rings. The van der Waals surface area contributed by atoms with E-state index in [1.807, 2.05) is 6.07 Å². The van der Waals surface area contributed by atoms with Gasteiger partial charge in [0.15, 0.2) is 0 Å². The maximum Gasteiger partial charge on any atom is 0.251 e. The van der Waals surface area contributed by atoms with Crippen molar-refractivity contribution in [3.63, 3.8) is 0 Å². The first-order valence-corrected chi connectivity index (χ1v) is 7.22. The zero-order valence-corrected chi connectivity index (χ0v) is 12.0. The molecule has 0 radical (unpaired) electrons. The molecule has 0 heterocycles. The highest BCUT2D eigenvalue weighted by Crippen LogP contribution is 2.32. The number of ether oxygens (including phenoxy) is 1. The van der Waals surface area contributed by atoms with E-state index in [1.165, 1.54) is 0 Å². The monoisotopic (exact) mass is 288 g/mol. The van der Waals surface area contributed by atoms with E-state index in [0.717, 1.165) is 25.7 Å². The van der Waals surface area contributed by atoms with Crippen LogP contribution in [0.2, 0.25) is 0 Å². The van der Waals surface area contributed by atoms with E-state index in [4.69, 9.17) is 15.1 Å². The Morgan fingerprint density at radius 3 is 2.57 bits per heavy atom. The third kappa shape index (κ3) is 4.03. The number of nitriles is 1. The number of hydrogen-bond donors (Lipinski definition) is 2. The van der Waals surface area contributed by atoms with E-state index in [0.29, 0.717) is 24.3 Å². The molecule has 21 heavy (non-hydrogen) atoms. The quantitative estimate of drug-likeness (QED) is 0.833. The Labute approximate surface area is 124 Å². The number of amides is 1. The van der Waals surface area contributed by atoms with Crippen LogP contribution in [0, 0.1) is 11.3 Å². The lowest BCUT2D eigenvalue weighted by Gasteiger charge is -2.29. The highest BCUT2D eigenvalue weighted by atomic mass is 16.5. The molecule has 1 saturated carbocycles. The fourth-order valence-electron chi connectivity index (χ4n) is 2.69. The minimum atomic E-state index is -0.342. The lowest BCUT2D eigenvalue weighted by atomic mass is 10.0. The SMILES string of the molecule is N#Cc1ccc(C(=O)NCC2(OCCO)CCCC2)cc1. The Morgan fingerprint density at radius 2 is 2.00 bits per heavy atom. The number of carbonyl (C=O) groups excluding carboxylic acids is 1. The Morgan fingerprint density at radius 1 is 1.33 bits per heavy atom. The van der Waals surface area contributed by atoms with Crippen LogP contribution in [0.1, 0.15) is 41.6 Å². The third-order valence-electron chi connectivity index (χ3n) is 3.86. The van der Waals surface area contributed by atoms with Crippen LogP contribution in [0.25, 0.3) is 0 Å². The number of rotatable bonds is 6. The molecule has 0 saturated heterocycles. The summed E-state index contributed by atoms with van der Waals surface area (Å²) >= 11 is 0. The molecule has 5 nitrogen and oxygen atoms in total. The van der Waals surface area contributed by atoms with Gasteiger partial charge in [0.05, 0.1) is 30.4 Å². The van der Waals surface area contributed by atoms with Gasteiger partial charge in [-0.3, -0.25) is 4.79 Å². The molecular formula is C16H20N2O3. The van der Waals surface area contributed by atoms with Crippen LogP contribution in [0.15, 0.2) is 24.3 Å². The maximum atomic E-state index is 12.1. The molecule has 5 heteroatoms. The first-order valence-electron chi connectivity index (χ1n) is 7.22. The van der Waals surface area contributed by atoms with E-state index < -0.39 is 0 Å². The summed E-state index contributed by atoms with van der Waals surface area (Å²) in [6, 6.07) is 8.56. The van der Waals surface area contributed by atoms with Crippen molar-refractivity contribution in [1.29, 1.82) is 5.26 Å². The summed E-state index contributed by atoms with van der Waals surface area (Å²) in [5.41, 5.74) is 0.722. The summed E-state index contributed by atoms with van der Waals surface area (Å²) in [5.74, 6) is -0.168. The molecule has 0 aromatic heterocycles. The van der Waals surface area contributed by atoms with Gasteiger partial charge in [0.2, 0.25) is 0 Å². The second-order valence-corrected chi connectivity index (χ2v) is 5.33.